The maximum absolute atomic E-state index is 12.5. The van der Waals surface area contributed by atoms with Crippen LogP contribution in [0.25, 0.3) is 10.8 Å². The van der Waals surface area contributed by atoms with E-state index in [2.05, 4.69) is 10.0 Å². The summed E-state index contributed by atoms with van der Waals surface area (Å²) in [5.41, 5.74) is 6.31. The first-order valence-corrected chi connectivity index (χ1v) is 13.4. The fourth-order valence-electron chi connectivity index (χ4n) is 4.68. The molecule has 0 heterocycles. The van der Waals surface area contributed by atoms with Gasteiger partial charge in [-0.2, -0.15) is 0 Å². The zero-order chi connectivity index (χ0) is 23.5. The van der Waals surface area contributed by atoms with E-state index in [1.54, 1.807) is 7.11 Å². The fourth-order valence-corrected chi connectivity index (χ4v) is 5.60. The highest BCUT2D eigenvalue weighted by molar-refractivity contribution is 7.83. The summed E-state index contributed by atoms with van der Waals surface area (Å²) in [6.07, 6.45) is 9.25. The number of fused-ring (bicyclic) bond motifs is 1. The molecular formula is C26H39N3O3S. The largest absolute Gasteiger partial charge is 0.370 e. The van der Waals surface area contributed by atoms with Crippen LogP contribution >= 0.6 is 0 Å². The Morgan fingerprint density at radius 2 is 1.79 bits per heavy atom. The van der Waals surface area contributed by atoms with Gasteiger partial charge in [0.15, 0.2) is 6.10 Å². The van der Waals surface area contributed by atoms with Gasteiger partial charge in [-0.15, -0.1) is 0 Å². The summed E-state index contributed by atoms with van der Waals surface area (Å²) in [5.74, 6) is 0.503. The summed E-state index contributed by atoms with van der Waals surface area (Å²) in [4.78, 5) is 13.3. The van der Waals surface area contributed by atoms with E-state index < -0.39 is 17.1 Å². The summed E-state index contributed by atoms with van der Waals surface area (Å²) in [7, 11) is 0.341. The molecule has 1 aliphatic carbocycles. The van der Waals surface area contributed by atoms with Crippen molar-refractivity contribution >= 4 is 27.7 Å². The lowest BCUT2D eigenvalue weighted by Crippen LogP contribution is -2.48. The van der Waals surface area contributed by atoms with Gasteiger partial charge in [0, 0.05) is 26.2 Å². The van der Waals surface area contributed by atoms with E-state index in [0.29, 0.717) is 19.0 Å². The van der Waals surface area contributed by atoms with Gasteiger partial charge >= 0.3 is 0 Å². The Morgan fingerprint density at radius 3 is 2.55 bits per heavy atom. The first-order valence-electron chi connectivity index (χ1n) is 12.3. The topological polar surface area (TPSA) is 93.5 Å². The molecule has 33 heavy (non-hydrogen) atoms. The fraction of sp³-hybridized carbons (Fsp3) is 0.577. The SMILES string of the molecule is COC(C(=O)NCCCCCNS(=O)c1ccc2ccccc2c1)C(N)CC1CCCCC1. The maximum atomic E-state index is 12.5. The number of nitrogens with two attached hydrogens (primary N) is 1. The van der Waals surface area contributed by atoms with Crippen LogP contribution in [0, 0.1) is 5.92 Å². The van der Waals surface area contributed by atoms with Crippen molar-refractivity contribution in [3.63, 3.8) is 0 Å². The van der Waals surface area contributed by atoms with Gasteiger partial charge in [0.25, 0.3) is 5.91 Å². The molecule has 0 spiro atoms. The van der Waals surface area contributed by atoms with Gasteiger partial charge in [0.05, 0.1) is 4.90 Å². The molecule has 1 fully saturated rings. The molecule has 7 heteroatoms. The van der Waals surface area contributed by atoms with Crippen LogP contribution in [0.15, 0.2) is 47.4 Å². The van der Waals surface area contributed by atoms with E-state index in [4.69, 9.17) is 10.5 Å². The summed E-state index contributed by atoms with van der Waals surface area (Å²) >= 11 is 0. The van der Waals surface area contributed by atoms with Crippen LogP contribution in [0.5, 0.6) is 0 Å². The van der Waals surface area contributed by atoms with Crippen molar-refractivity contribution in [1.82, 2.24) is 10.0 Å². The van der Waals surface area contributed by atoms with Crippen molar-refractivity contribution in [1.29, 1.82) is 0 Å². The molecule has 2 aromatic carbocycles. The second-order valence-corrected chi connectivity index (χ2v) is 10.4. The highest BCUT2D eigenvalue weighted by atomic mass is 32.2. The number of ether oxygens (including phenoxy) is 1. The number of rotatable bonds is 13. The number of hydrogen-bond acceptors (Lipinski definition) is 4. The summed E-state index contributed by atoms with van der Waals surface area (Å²) in [5, 5.41) is 5.21. The summed E-state index contributed by atoms with van der Waals surface area (Å²) in [6, 6.07) is 13.7. The van der Waals surface area contributed by atoms with E-state index in [1.165, 1.54) is 32.1 Å². The smallest absolute Gasteiger partial charge is 0.250 e. The second-order valence-electron chi connectivity index (χ2n) is 9.08. The van der Waals surface area contributed by atoms with Crippen molar-refractivity contribution in [3.05, 3.63) is 42.5 Å². The predicted octanol–water partition coefficient (Wildman–Crippen LogP) is 4.05. The third-order valence-corrected chi connectivity index (χ3v) is 7.70. The first-order chi connectivity index (χ1) is 16.1. The standard InChI is InChI=1S/C26H39N3O3S/c1-32-25(24(27)18-20-10-4-2-5-11-20)26(30)28-16-8-3-9-17-29-33(31)23-15-14-21-12-6-7-13-22(21)19-23/h6-7,12-15,19-20,24-25,29H,2-5,8-11,16-18,27H2,1H3,(H,28,30). The van der Waals surface area contributed by atoms with Gasteiger partial charge in [-0.05, 0) is 48.1 Å². The number of carbonyl (C=O) groups excluding carboxylic acids is 1. The number of benzene rings is 2. The highest BCUT2D eigenvalue weighted by Crippen LogP contribution is 2.27. The quantitative estimate of drug-likeness (QED) is 0.383. The van der Waals surface area contributed by atoms with Crippen molar-refractivity contribution in [2.45, 2.75) is 74.8 Å². The van der Waals surface area contributed by atoms with E-state index in [-0.39, 0.29) is 11.9 Å². The zero-order valence-corrected chi connectivity index (χ0v) is 20.6. The third-order valence-electron chi connectivity index (χ3n) is 6.55. The van der Waals surface area contributed by atoms with E-state index >= 15 is 0 Å². The summed E-state index contributed by atoms with van der Waals surface area (Å²) < 4.78 is 21.0. The van der Waals surface area contributed by atoms with Gasteiger partial charge < -0.3 is 15.8 Å². The number of amides is 1. The maximum Gasteiger partial charge on any atom is 0.250 e. The molecule has 0 aliphatic heterocycles. The Bertz CT molecular complexity index is 901. The monoisotopic (exact) mass is 473 g/mol. The number of nitrogens with one attached hydrogen (secondary N) is 2. The van der Waals surface area contributed by atoms with Crippen LogP contribution in [0.2, 0.25) is 0 Å². The molecule has 2 aromatic rings. The van der Waals surface area contributed by atoms with E-state index in [9.17, 15) is 9.00 Å². The Kier molecular flexibility index (Phi) is 10.8. The minimum atomic E-state index is -1.22. The Morgan fingerprint density at radius 1 is 1.06 bits per heavy atom. The van der Waals surface area contributed by atoms with Gasteiger partial charge in [-0.3, -0.25) is 4.79 Å². The third kappa shape index (κ3) is 8.18. The van der Waals surface area contributed by atoms with Crippen LogP contribution < -0.4 is 15.8 Å². The number of hydrogen-bond donors (Lipinski definition) is 3. The normalized spacial score (nSPS) is 17.5. The van der Waals surface area contributed by atoms with Crippen LogP contribution in [0.4, 0.5) is 0 Å². The van der Waals surface area contributed by atoms with Crippen LogP contribution in [0.3, 0.4) is 0 Å². The van der Waals surface area contributed by atoms with Gasteiger partial charge in [0.1, 0.15) is 11.0 Å². The average molecular weight is 474 g/mol. The van der Waals surface area contributed by atoms with Crippen LogP contribution in [0.1, 0.15) is 57.8 Å². The molecule has 3 rings (SSSR count). The van der Waals surface area contributed by atoms with Gasteiger partial charge in [-0.25, -0.2) is 8.93 Å². The second kappa shape index (κ2) is 13.8. The zero-order valence-electron chi connectivity index (χ0n) is 19.8. The predicted molar refractivity (Wildman–Crippen MR) is 135 cm³/mol. The Hall–Kier alpha value is -1.80. The van der Waals surface area contributed by atoms with Crippen molar-refractivity contribution in [2.75, 3.05) is 20.2 Å². The lowest BCUT2D eigenvalue weighted by atomic mass is 9.84. The van der Waals surface area contributed by atoms with Crippen LogP contribution in [-0.4, -0.2) is 42.5 Å². The average Bonchev–Trinajstić information content (AvgIpc) is 2.84. The molecule has 182 valence electrons. The molecule has 1 saturated carbocycles. The van der Waals surface area contributed by atoms with Gasteiger partial charge in [-0.1, -0.05) is 68.9 Å². The molecule has 0 saturated heterocycles. The number of carbonyl (C=O) groups is 1. The first kappa shape index (κ1) is 25.8. The molecular weight excluding hydrogens is 434 g/mol. The molecule has 1 aliphatic rings. The molecule has 3 atom stereocenters. The Labute approximate surface area is 200 Å². The van der Waals surface area contributed by atoms with Crippen molar-refractivity contribution in [3.8, 4) is 0 Å². The number of methoxy groups -OCH3 is 1. The Balaban J connectivity index is 1.29. The van der Waals surface area contributed by atoms with E-state index in [1.807, 2.05) is 42.5 Å². The molecule has 4 N–H and O–H groups in total. The lowest BCUT2D eigenvalue weighted by Gasteiger charge is -2.28. The minimum Gasteiger partial charge on any atom is -0.370 e. The molecule has 0 radical (unpaired) electrons. The number of unbranched alkanes of at least 4 members (excludes halogenated alkanes) is 2. The lowest BCUT2D eigenvalue weighted by molar-refractivity contribution is -0.132. The molecule has 6 nitrogen and oxygen atoms in total. The highest BCUT2D eigenvalue weighted by Gasteiger charge is 2.28. The van der Waals surface area contributed by atoms with Crippen molar-refractivity contribution < 1.29 is 13.7 Å². The molecule has 3 unspecified atom stereocenters. The van der Waals surface area contributed by atoms with Crippen LogP contribution in [-0.2, 0) is 20.5 Å². The summed E-state index contributed by atoms with van der Waals surface area (Å²) in [6.45, 7) is 1.27. The van der Waals surface area contributed by atoms with Gasteiger partial charge in [0.2, 0.25) is 0 Å². The molecule has 0 aromatic heterocycles. The van der Waals surface area contributed by atoms with Crippen molar-refractivity contribution in [2.24, 2.45) is 11.7 Å². The minimum absolute atomic E-state index is 0.114. The molecule has 0 bridgehead atoms. The van der Waals surface area contributed by atoms with E-state index in [0.717, 1.165) is 41.4 Å². The molecule has 1 amide bonds.